The molecule has 1 heterocycles. The van der Waals surface area contributed by atoms with Crippen molar-refractivity contribution in [3.8, 4) is 0 Å². The molecule has 0 aliphatic rings. The predicted molar refractivity (Wildman–Crippen MR) is 70.1 cm³/mol. The van der Waals surface area contributed by atoms with Crippen LogP contribution in [0.15, 0.2) is 17.3 Å². The number of sulfonamides is 1. The van der Waals surface area contributed by atoms with Gasteiger partial charge in [-0.15, -0.1) is 0 Å². The summed E-state index contributed by atoms with van der Waals surface area (Å²) in [7, 11) is -2.05. The Balaban J connectivity index is 2.57. The molecule has 19 heavy (non-hydrogen) atoms. The summed E-state index contributed by atoms with van der Waals surface area (Å²) in [5.74, 6) is 0.133. The Bertz CT molecular complexity index is 514. The number of rotatable bonds is 7. The van der Waals surface area contributed by atoms with Crippen LogP contribution in [0, 0.1) is 0 Å². The van der Waals surface area contributed by atoms with Crippen molar-refractivity contribution in [2.24, 2.45) is 0 Å². The van der Waals surface area contributed by atoms with Crippen LogP contribution in [-0.4, -0.2) is 44.4 Å². The second-order valence-corrected chi connectivity index (χ2v) is 5.36. The fourth-order valence-electron chi connectivity index (χ4n) is 1.25. The van der Waals surface area contributed by atoms with Crippen LogP contribution in [-0.2, 0) is 14.8 Å². The number of hydrogen-bond donors (Lipinski definition) is 3. The maximum Gasteiger partial charge on any atom is 0.243 e. The van der Waals surface area contributed by atoms with Gasteiger partial charge >= 0.3 is 0 Å². The third-order valence-corrected chi connectivity index (χ3v) is 3.60. The van der Waals surface area contributed by atoms with Crippen molar-refractivity contribution in [3.05, 3.63) is 12.4 Å². The normalized spacial score (nSPS) is 11.1. The number of carbonyl (C=O) groups excluding carboxylic acids is 1. The molecule has 0 aliphatic heterocycles. The Labute approximate surface area is 112 Å². The van der Waals surface area contributed by atoms with Crippen LogP contribution in [0.2, 0.25) is 0 Å². The van der Waals surface area contributed by atoms with Gasteiger partial charge < -0.3 is 10.6 Å². The highest BCUT2D eigenvalue weighted by molar-refractivity contribution is 7.89. The first-order chi connectivity index (χ1) is 8.99. The molecular weight excluding hydrogens is 270 g/mol. The van der Waals surface area contributed by atoms with E-state index in [-0.39, 0.29) is 23.8 Å². The molecule has 0 unspecified atom stereocenters. The highest BCUT2D eigenvalue weighted by Crippen LogP contribution is 2.06. The van der Waals surface area contributed by atoms with Crippen LogP contribution >= 0.6 is 0 Å². The van der Waals surface area contributed by atoms with Crippen molar-refractivity contribution in [3.63, 3.8) is 0 Å². The summed E-state index contributed by atoms with van der Waals surface area (Å²) in [5, 5.41) is 5.27. The molecule has 0 radical (unpaired) electrons. The van der Waals surface area contributed by atoms with E-state index in [0.717, 1.165) is 0 Å². The van der Waals surface area contributed by atoms with Crippen molar-refractivity contribution in [2.75, 3.05) is 25.5 Å². The van der Waals surface area contributed by atoms with E-state index in [1.54, 1.807) is 14.0 Å². The van der Waals surface area contributed by atoms with Crippen LogP contribution in [0.1, 0.15) is 13.3 Å². The Morgan fingerprint density at radius 3 is 2.47 bits per heavy atom. The molecule has 0 aliphatic carbocycles. The maximum absolute atomic E-state index is 11.8. The van der Waals surface area contributed by atoms with E-state index in [4.69, 9.17) is 0 Å². The molecular formula is C10H17N5O3S. The largest absolute Gasteiger partial charge is 0.357 e. The summed E-state index contributed by atoms with van der Waals surface area (Å²) >= 11 is 0. The molecule has 0 bridgehead atoms. The quantitative estimate of drug-likeness (QED) is 0.612. The zero-order valence-corrected chi connectivity index (χ0v) is 11.6. The van der Waals surface area contributed by atoms with E-state index in [1.807, 2.05) is 0 Å². The topological polar surface area (TPSA) is 113 Å². The Kier molecular flexibility index (Phi) is 5.64. The molecule has 0 atom stereocenters. The number of anilines is 1. The molecule has 106 valence electrons. The van der Waals surface area contributed by atoms with Crippen LogP contribution < -0.4 is 15.4 Å². The summed E-state index contributed by atoms with van der Waals surface area (Å²) in [4.78, 5) is 18.8. The zero-order valence-electron chi connectivity index (χ0n) is 10.8. The first-order valence-corrected chi connectivity index (χ1v) is 7.24. The lowest BCUT2D eigenvalue weighted by atomic mass is 10.4. The Hall–Kier alpha value is -1.74. The lowest BCUT2D eigenvalue weighted by Gasteiger charge is -2.06. The van der Waals surface area contributed by atoms with E-state index < -0.39 is 10.0 Å². The molecule has 3 N–H and O–H groups in total. The lowest BCUT2D eigenvalue weighted by molar-refractivity contribution is -0.120. The number of nitrogens with zero attached hydrogens (tertiary/aromatic N) is 2. The van der Waals surface area contributed by atoms with Crippen molar-refractivity contribution in [1.82, 2.24) is 20.0 Å². The van der Waals surface area contributed by atoms with Gasteiger partial charge in [-0.25, -0.2) is 23.1 Å². The molecule has 1 amide bonds. The van der Waals surface area contributed by atoms with Crippen molar-refractivity contribution in [1.29, 1.82) is 0 Å². The second kappa shape index (κ2) is 7.00. The fourth-order valence-corrected chi connectivity index (χ4v) is 2.17. The average Bonchev–Trinajstić information content (AvgIpc) is 2.39. The number of aromatic nitrogens is 2. The molecule has 9 heteroatoms. The van der Waals surface area contributed by atoms with Gasteiger partial charge in [-0.2, -0.15) is 0 Å². The minimum absolute atomic E-state index is 0.0297. The summed E-state index contributed by atoms with van der Waals surface area (Å²) in [6.45, 7) is 2.34. The first kappa shape index (κ1) is 15.3. The van der Waals surface area contributed by atoms with Gasteiger partial charge in [-0.1, -0.05) is 0 Å². The fraction of sp³-hybridized carbons (Fsp3) is 0.500. The van der Waals surface area contributed by atoms with Gasteiger partial charge in [0.15, 0.2) is 0 Å². The molecule has 1 aromatic heterocycles. The standard InChI is InChI=1S/C10H17N5O3S/c1-3-12-9(16)4-5-15-19(17,18)8-6-13-10(11-2)14-7-8/h6-7,15H,3-5H2,1-2H3,(H,12,16)(H,11,13,14). The van der Waals surface area contributed by atoms with Crippen LogP contribution in [0.4, 0.5) is 5.95 Å². The number of nitrogens with one attached hydrogen (secondary N) is 3. The molecule has 0 spiro atoms. The van der Waals surface area contributed by atoms with Crippen LogP contribution in [0.25, 0.3) is 0 Å². The van der Waals surface area contributed by atoms with E-state index in [0.29, 0.717) is 12.5 Å². The molecule has 8 nitrogen and oxygen atoms in total. The third kappa shape index (κ3) is 4.79. The maximum atomic E-state index is 11.8. The van der Waals surface area contributed by atoms with E-state index in [2.05, 4.69) is 25.3 Å². The predicted octanol–water partition coefficient (Wildman–Crippen LogP) is -0.677. The van der Waals surface area contributed by atoms with Gasteiger partial charge in [0.1, 0.15) is 4.90 Å². The second-order valence-electron chi connectivity index (χ2n) is 3.59. The highest BCUT2D eigenvalue weighted by atomic mass is 32.2. The molecule has 0 aromatic carbocycles. The Morgan fingerprint density at radius 1 is 1.32 bits per heavy atom. The minimum Gasteiger partial charge on any atom is -0.357 e. The molecule has 1 rings (SSSR count). The highest BCUT2D eigenvalue weighted by Gasteiger charge is 2.15. The van der Waals surface area contributed by atoms with Gasteiger partial charge in [0.2, 0.25) is 21.9 Å². The zero-order chi connectivity index (χ0) is 14.3. The van der Waals surface area contributed by atoms with E-state index in [1.165, 1.54) is 12.4 Å². The monoisotopic (exact) mass is 287 g/mol. The number of hydrogen-bond acceptors (Lipinski definition) is 6. The van der Waals surface area contributed by atoms with Crippen molar-refractivity contribution in [2.45, 2.75) is 18.2 Å². The SMILES string of the molecule is CCNC(=O)CCNS(=O)(=O)c1cnc(NC)nc1. The smallest absolute Gasteiger partial charge is 0.243 e. The van der Waals surface area contributed by atoms with Crippen molar-refractivity contribution >= 4 is 21.9 Å². The number of carbonyl (C=O) groups is 1. The molecule has 0 fully saturated rings. The minimum atomic E-state index is -3.68. The van der Waals surface area contributed by atoms with Gasteiger partial charge in [-0.05, 0) is 6.92 Å². The van der Waals surface area contributed by atoms with Crippen LogP contribution in [0.5, 0.6) is 0 Å². The first-order valence-electron chi connectivity index (χ1n) is 5.75. The van der Waals surface area contributed by atoms with E-state index >= 15 is 0 Å². The molecule has 1 aromatic rings. The van der Waals surface area contributed by atoms with Gasteiger partial charge in [0, 0.05) is 26.6 Å². The van der Waals surface area contributed by atoms with Gasteiger partial charge in [0.05, 0.1) is 12.4 Å². The molecule has 0 saturated heterocycles. The van der Waals surface area contributed by atoms with Gasteiger partial charge in [-0.3, -0.25) is 4.79 Å². The summed E-state index contributed by atoms with van der Waals surface area (Å²) in [6, 6.07) is 0. The van der Waals surface area contributed by atoms with Gasteiger partial charge in [0.25, 0.3) is 0 Å². The molecule has 0 saturated carbocycles. The van der Waals surface area contributed by atoms with Crippen molar-refractivity contribution < 1.29 is 13.2 Å². The third-order valence-electron chi connectivity index (χ3n) is 2.18. The number of amides is 1. The summed E-state index contributed by atoms with van der Waals surface area (Å²) in [5.41, 5.74) is 0. The summed E-state index contributed by atoms with van der Waals surface area (Å²) in [6.07, 6.45) is 2.49. The van der Waals surface area contributed by atoms with E-state index in [9.17, 15) is 13.2 Å². The van der Waals surface area contributed by atoms with Crippen LogP contribution in [0.3, 0.4) is 0 Å². The average molecular weight is 287 g/mol. The summed E-state index contributed by atoms with van der Waals surface area (Å²) < 4.78 is 26.0. The lowest BCUT2D eigenvalue weighted by Crippen LogP contribution is -2.30. The Morgan fingerprint density at radius 2 is 1.95 bits per heavy atom.